The highest BCUT2D eigenvalue weighted by molar-refractivity contribution is 5.81. The van der Waals surface area contributed by atoms with Crippen LogP contribution in [0.25, 0.3) is 0 Å². The molecule has 1 unspecified atom stereocenters. The molecule has 0 radical (unpaired) electrons. The van der Waals surface area contributed by atoms with Crippen molar-refractivity contribution in [3.63, 3.8) is 0 Å². The highest BCUT2D eigenvalue weighted by Crippen LogP contribution is 2.26. The maximum absolute atomic E-state index is 13.0. The Bertz CT molecular complexity index is 741. The van der Waals surface area contributed by atoms with Gasteiger partial charge in [0, 0.05) is 31.4 Å². The fourth-order valence-electron chi connectivity index (χ4n) is 4.37. The van der Waals surface area contributed by atoms with Crippen molar-refractivity contribution >= 4 is 11.6 Å². The Hall–Kier alpha value is -1.81. The third-order valence-corrected chi connectivity index (χ3v) is 6.32. The van der Waals surface area contributed by atoms with Crippen molar-refractivity contribution in [2.75, 3.05) is 24.5 Å². The molecule has 2 rings (SSSR count). The van der Waals surface area contributed by atoms with Gasteiger partial charge in [-0.15, -0.1) is 0 Å². The van der Waals surface area contributed by atoms with E-state index >= 15 is 0 Å². The molecule has 1 aromatic rings. The minimum absolute atomic E-state index is 0.114. The molecule has 1 aliphatic rings. The molecule has 0 spiro atoms. The number of nitrogens with zero attached hydrogens (tertiary/aromatic N) is 2. The zero-order chi connectivity index (χ0) is 23.9. The predicted molar refractivity (Wildman–Crippen MR) is 138 cm³/mol. The van der Waals surface area contributed by atoms with Crippen LogP contribution in [0.1, 0.15) is 79.7 Å². The number of likely N-dealkylation sites (tertiary alicyclic amines) is 1. The second-order valence-corrected chi connectivity index (χ2v) is 11.5. The number of hydrogen-bond donors (Lipinski definition) is 1. The molecule has 1 fully saturated rings. The number of nitrogens with two attached hydrogens (primary N) is 1. The van der Waals surface area contributed by atoms with E-state index in [1.54, 1.807) is 0 Å². The van der Waals surface area contributed by atoms with Crippen molar-refractivity contribution in [1.82, 2.24) is 4.90 Å². The Kier molecular flexibility index (Phi) is 9.82. The smallest absolute Gasteiger partial charge is 0.239 e. The van der Waals surface area contributed by atoms with Crippen LogP contribution in [0.4, 0.5) is 5.69 Å². The van der Waals surface area contributed by atoms with Crippen molar-refractivity contribution < 1.29 is 4.79 Å². The maximum atomic E-state index is 13.0. The summed E-state index contributed by atoms with van der Waals surface area (Å²) in [4.78, 5) is 17.5. The lowest BCUT2D eigenvalue weighted by molar-refractivity contribution is -0.134. The van der Waals surface area contributed by atoms with Crippen LogP contribution < -0.4 is 10.6 Å². The molecule has 1 aromatic carbocycles. The number of carbonyl (C=O) groups excluding carboxylic acids is 1. The van der Waals surface area contributed by atoms with Crippen molar-refractivity contribution in [3.05, 3.63) is 41.5 Å². The Morgan fingerprint density at radius 2 is 1.88 bits per heavy atom. The van der Waals surface area contributed by atoms with Gasteiger partial charge in [-0.2, -0.15) is 0 Å². The molecule has 0 aliphatic carbocycles. The van der Waals surface area contributed by atoms with Gasteiger partial charge in [-0.25, -0.2) is 0 Å². The Balaban J connectivity index is 2.15. The van der Waals surface area contributed by atoms with Gasteiger partial charge in [-0.1, -0.05) is 58.4 Å². The van der Waals surface area contributed by atoms with E-state index in [-0.39, 0.29) is 11.9 Å². The molecule has 32 heavy (non-hydrogen) atoms. The Labute approximate surface area is 197 Å². The molecule has 1 saturated heterocycles. The first-order valence-electron chi connectivity index (χ1n) is 12.5. The van der Waals surface area contributed by atoms with Crippen LogP contribution in [0.5, 0.6) is 0 Å². The number of allylic oxidation sites excluding steroid dienone is 1. The first-order valence-corrected chi connectivity index (χ1v) is 12.5. The topological polar surface area (TPSA) is 49.6 Å². The first-order chi connectivity index (χ1) is 15.0. The summed E-state index contributed by atoms with van der Waals surface area (Å²) in [6.07, 6.45) is 7.46. The lowest BCUT2D eigenvalue weighted by atomic mass is 9.88. The van der Waals surface area contributed by atoms with Crippen LogP contribution >= 0.6 is 0 Å². The van der Waals surface area contributed by atoms with E-state index in [4.69, 9.17) is 5.73 Å². The van der Waals surface area contributed by atoms with Crippen LogP contribution in [-0.2, 0) is 11.2 Å². The van der Waals surface area contributed by atoms with Gasteiger partial charge in [-0.3, -0.25) is 4.79 Å². The number of hydrogen-bond acceptors (Lipinski definition) is 3. The molecule has 0 aromatic heterocycles. The second-order valence-electron chi connectivity index (χ2n) is 11.5. The lowest BCUT2D eigenvalue weighted by Crippen LogP contribution is -2.54. The SMILES string of the molecule is CC(C)=CCN(c1ccc(CCC(C)(C)C)cc1)[C@H]1CCCN(C(=O)C(N)CC(C)C)C1. The summed E-state index contributed by atoms with van der Waals surface area (Å²) in [6.45, 7) is 17.9. The van der Waals surface area contributed by atoms with Gasteiger partial charge >= 0.3 is 0 Å². The molecule has 1 amide bonds. The van der Waals surface area contributed by atoms with Crippen molar-refractivity contribution in [2.45, 2.75) is 92.7 Å². The quantitative estimate of drug-likeness (QED) is 0.493. The standard InChI is InChI=1S/C28H47N3O/c1-21(2)15-18-31(24-12-10-23(11-13-24)14-16-28(5,6)7)25-9-8-17-30(20-25)27(32)26(29)19-22(3)4/h10-13,15,22,25-26H,8-9,14,16-20,29H2,1-7H3/t25-,26?/m0/s1. The summed E-state index contributed by atoms with van der Waals surface area (Å²) in [6, 6.07) is 9.02. The highest BCUT2D eigenvalue weighted by atomic mass is 16.2. The van der Waals surface area contributed by atoms with E-state index in [2.05, 4.69) is 83.7 Å². The molecule has 180 valence electrons. The van der Waals surface area contributed by atoms with Crippen molar-refractivity contribution in [3.8, 4) is 0 Å². The summed E-state index contributed by atoms with van der Waals surface area (Å²) in [5.41, 5.74) is 10.5. The minimum Gasteiger partial charge on any atom is -0.363 e. The van der Waals surface area contributed by atoms with Gasteiger partial charge < -0.3 is 15.5 Å². The summed E-state index contributed by atoms with van der Waals surface area (Å²) >= 11 is 0. The molecule has 2 N–H and O–H groups in total. The number of rotatable bonds is 9. The van der Waals surface area contributed by atoms with Crippen LogP contribution in [0, 0.1) is 11.3 Å². The zero-order valence-corrected chi connectivity index (χ0v) is 21.7. The van der Waals surface area contributed by atoms with Crippen LogP contribution in [-0.4, -0.2) is 42.5 Å². The van der Waals surface area contributed by atoms with E-state index in [1.807, 2.05) is 4.90 Å². The molecule has 1 aliphatic heterocycles. The van der Waals surface area contributed by atoms with E-state index in [9.17, 15) is 4.79 Å². The number of amides is 1. The fourth-order valence-corrected chi connectivity index (χ4v) is 4.37. The first kappa shape index (κ1) is 26.4. The molecule has 4 heteroatoms. The van der Waals surface area contributed by atoms with E-state index < -0.39 is 0 Å². The number of anilines is 1. The minimum atomic E-state index is -0.387. The molecule has 0 bridgehead atoms. The predicted octanol–water partition coefficient (Wildman–Crippen LogP) is 5.80. The number of aryl methyl sites for hydroxylation is 1. The van der Waals surface area contributed by atoms with Crippen LogP contribution in [0.2, 0.25) is 0 Å². The zero-order valence-electron chi connectivity index (χ0n) is 21.7. The largest absolute Gasteiger partial charge is 0.363 e. The highest BCUT2D eigenvalue weighted by Gasteiger charge is 2.30. The fraction of sp³-hybridized carbons (Fsp3) is 0.679. The van der Waals surface area contributed by atoms with Crippen LogP contribution in [0.15, 0.2) is 35.9 Å². The van der Waals surface area contributed by atoms with E-state index in [1.165, 1.54) is 23.2 Å². The van der Waals surface area contributed by atoms with Crippen molar-refractivity contribution in [1.29, 1.82) is 0 Å². The summed E-state index contributed by atoms with van der Waals surface area (Å²) < 4.78 is 0. The summed E-state index contributed by atoms with van der Waals surface area (Å²) in [5, 5.41) is 0. The van der Waals surface area contributed by atoms with Gasteiger partial charge in [0.2, 0.25) is 5.91 Å². The van der Waals surface area contributed by atoms with Gasteiger partial charge in [0.25, 0.3) is 0 Å². The van der Waals surface area contributed by atoms with Gasteiger partial charge in [0.05, 0.1) is 6.04 Å². The summed E-state index contributed by atoms with van der Waals surface area (Å²) in [7, 11) is 0. The number of carbonyl (C=O) groups is 1. The average molecular weight is 442 g/mol. The third kappa shape index (κ3) is 8.61. The van der Waals surface area contributed by atoms with Gasteiger partial charge in [0.15, 0.2) is 0 Å². The normalized spacial score (nSPS) is 17.9. The monoisotopic (exact) mass is 441 g/mol. The van der Waals surface area contributed by atoms with Crippen LogP contribution in [0.3, 0.4) is 0 Å². The second kappa shape index (κ2) is 11.9. The molecular formula is C28H47N3O. The third-order valence-electron chi connectivity index (χ3n) is 6.32. The molecule has 0 saturated carbocycles. The van der Waals surface area contributed by atoms with E-state index in [0.29, 0.717) is 17.4 Å². The Morgan fingerprint density at radius 1 is 1.22 bits per heavy atom. The molecule has 4 nitrogen and oxygen atoms in total. The molecule has 1 heterocycles. The summed E-state index contributed by atoms with van der Waals surface area (Å²) in [5.74, 6) is 0.545. The van der Waals surface area contributed by atoms with Gasteiger partial charge in [0.1, 0.15) is 0 Å². The van der Waals surface area contributed by atoms with Gasteiger partial charge in [-0.05, 0) is 75.0 Å². The Morgan fingerprint density at radius 3 is 2.44 bits per heavy atom. The maximum Gasteiger partial charge on any atom is 0.239 e. The average Bonchev–Trinajstić information content (AvgIpc) is 2.71. The molecular weight excluding hydrogens is 394 g/mol. The lowest BCUT2D eigenvalue weighted by Gasteiger charge is -2.41. The number of piperidine rings is 1. The van der Waals surface area contributed by atoms with E-state index in [0.717, 1.165) is 45.3 Å². The molecule has 2 atom stereocenters. The number of benzene rings is 1. The van der Waals surface area contributed by atoms with Crippen molar-refractivity contribution in [2.24, 2.45) is 17.1 Å².